The highest BCUT2D eigenvalue weighted by Crippen LogP contribution is 2.16. The summed E-state index contributed by atoms with van der Waals surface area (Å²) in [6.07, 6.45) is 0.992. The van der Waals surface area contributed by atoms with Crippen molar-refractivity contribution >= 4 is 6.29 Å². The molecule has 16 heavy (non-hydrogen) atoms. The number of nitrogens with zero attached hydrogens (tertiary/aromatic N) is 1. The first-order valence-corrected chi connectivity index (χ1v) is 5.58. The summed E-state index contributed by atoms with van der Waals surface area (Å²) in [5.74, 6) is 1.23. The standard InChI is InChI=1S/C12H17NO3/c1-9-8-15-10(2)5-13(9)6-11-3-4-12(7-14)16-11/h3-4,7,9-10H,5-6,8H2,1-2H3. The van der Waals surface area contributed by atoms with Crippen LogP contribution in [0.2, 0.25) is 0 Å². The van der Waals surface area contributed by atoms with Crippen molar-refractivity contribution in [3.63, 3.8) is 0 Å². The van der Waals surface area contributed by atoms with Crippen LogP contribution in [0.15, 0.2) is 16.5 Å². The zero-order chi connectivity index (χ0) is 11.5. The molecule has 0 radical (unpaired) electrons. The van der Waals surface area contributed by atoms with Crippen LogP contribution in [0.1, 0.15) is 30.2 Å². The number of hydrogen-bond acceptors (Lipinski definition) is 4. The molecule has 88 valence electrons. The largest absolute Gasteiger partial charge is 0.457 e. The fourth-order valence-electron chi connectivity index (χ4n) is 1.94. The van der Waals surface area contributed by atoms with E-state index in [2.05, 4.69) is 18.7 Å². The summed E-state index contributed by atoms with van der Waals surface area (Å²) in [4.78, 5) is 12.8. The minimum absolute atomic E-state index is 0.261. The van der Waals surface area contributed by atoms with E-state index in [0.29, 0.717) is 11.8 Å². The maximum absolute atomic E-state index is 10.5. The van der Waals surface area contributed by atoms with Crippen molar-refractivity contribution in [3.05, 3.63) is 23.7 Å². The van der Waals surface area contributed by atoms with E-state index in [1.807, 2.05) is 6.07 Å². The second kappa shape index (κ2) is 4.80. The van der Waals surface area contributed by atoms with Gasteiger partial charge in [0.25, 0.3) is 0 Å². The van der Waals surface area contributed by atoms with Crippen molar-refractivity contribution in [1.29, 1.82) is 0 Å². The molecule has 4 heteroatoms. The third kappa shape index (κ3) is 2.51. The Morgan fingerprint density at radius 2 is 2.31 bits per heavy atom. The number of carbonyl (C=O) groups is 1. The molecule has 0 spiro atoms. The van der Waals surface area contributed by atoms with Crippen molar-refractivity contribution in [1.82, 2.24) is 4.90 Å². The third-order valence-electron chi connectivity index (χ3n) is 2.89. The van der Waals surface area contributed by atoms with Gasteiger partial charge in [0.15, 0.2) is 12.0 Å². The molecule has 0 saturated carbocycles. The molecular weight excluding hydrogens is 206 g/mol. The predicted molar refractivity (Wildman–Crippen MR) is 59.4 cm³/mol. The van der Waals surface area contributed by atoms with E-state index in [9.17, 15) is 4.79 Å². The van der Waals surface area contributed by atoms with Gasteiger partial charge in [-0.2, -0.15) is 0 Å². The summed E-state index contributed by atoms with van der Waals surface area (Å²) < 4.78 is 10.9. The van der Waals surface area contributed by atoms with E-state index >= 15 is 0 Å². The van der Waals surface area contributed by atoms with Gasteiger partial charge in [-0.1, -0.05) is 0 Å². The highest BCUT2D eigenvalue weighted by Gasteiger charge is 2.24. The molecule has 0 N–H and O–H groups in total. The van der Waals surface area contributed by atoms with Gasteiger partial charge in [-0.05, 0) is 26.0 Å². The van der Waals surface area contributed by atoms with Crippen molar-refractivity contribution in [2.24, 2.45) is 0 Å². The minimum atomic E-state index is 0.261. The van der Waals surface area contributed by atoms with Gasteiger partial charge in [0.1, 0.15) is 5.76 Å². The number of rotatable bonds is 3. The fourth-order valence-corrected chi connectivity index (χ4v) is 1.94. The number of carbonyl (C=O) groups excluding carboxylic acids is 1. The molecule has 1 aliphatic heterocycles. The summed E-state index contributed by atoms with van der Waals surface area (Å²) in [7, 11) is 0. The zero-order valence-electron chi connectivity index (χ0n) is 9.68. The Morgan fingerprint density at radius 3 is 3.00 bits per heavy atom. The van der Waals surface area contributed by atoms with Gasteiger partial charge in [-0.25, -0.2) is 0 Å². The molecule has 2 atom stereocenters. The summed E-state index contributed by atoms with van der Waals surface area (Å²) in [5.41, 5.74) is 0. The van der Waals surface area contributed by atoms with Gasteiger partial charge in [0.2, 0.25) is 0 Å². The van der Waals surface area contributed by atoms with E-state index in [-0.39, 0.29) is 6.10 Å². The van der Waals surface area contributed by atoms with Gasteiger partial charge in [-0.15, -0.1) is 0 Å². The summed E-state index contributed by atoms with van der Waals surface area (Å²) in [6.45, 7) is 6.59. The second-order valence-corrected chi connectivity index (χ2v) is 4.34. The SMILES string of the molecule is CC1CN(Cc2ccc(C=O)o2)C(C)CO1. The van der Waals surface area contributed by atoms with E-state index in [4.69, 9.17) is 9.15 Å². The van der Waals surface area contributed by atoms with Crippen molar-refractivity contribution in [2.45, 2.75) is 32.5 Å². The minimum Gasteiger partial charge on any atom is -0.457 e. The molecule has 0 aliphatic carbocycles. The molecule has 2 heterocycles. The highest BCUT2D eigenvalue weighted by atomic mass is 16.5. The Hall–Kier alpha value is -1.13. The van der Waals surface area contributed by atoms with E-state index in [1.165, 1.54) is 0 Å². The van der Waals surface area contributed by atoms with Crippen LogP contribution in [0, 0.1) is 0 Å². The normalized spacial score (nSPS) is 26.9. The first-order chi connectivity index (χ1) is 7.69. The highest BCUT2D eigenvalue weighted by molar-refractivity contribution is 5.70. The summed E-state index contributed by atoms with van der Waals surface area (Å²) >= 11 is 0. The van der Waals surface area contributed by atoms with Crippen molar-refractivity contribution in [3.8, 4) is 0 Å². The third-order valence-corrected chi connectivity index (χ3v) is 2.89. The van der Waals surface area contributed by atoms with Crippen LogP contribution in [0.5, 0.6) is 0 Å². The number of furan rings is 1. The Labute approximate surface area is 95.2 Å². The Bertz CT molecular complexity index is 361. The monoisotopic (exact) mass is 223 g/mol. The van der Waals surface area contributed by atoms with E-state index in [0.717, 1.165) is 31.7 Å². The molecule has 1 fully saturated rings. The molecule has 0 bridgehead atoms. The molecule has 4 nitrogen and oxygen atoms in total. The molecule has 2 rings (SSSR count). The molecule has 2 unspecified atom stereocenters. The quantitative estimate of drug-likeness (QED) is 0.731. The van der Waals surface area contributed by atoms with Crippen LogP contribution in [0.3, 0.4) is 0 Å². The lowest BCUT2D eigenvalue weighted by atomic mass is 10.2. The van der Waals surface area contributed by atoms with Gasteiger partial charge < -0.3 is 9.15 Å². The van der Waals surface area contributed by atoms with Crippen LogP contribution in [-0.4, -0.2) is 36.5 Å². The van der Waals surface area contributed by atoms with Crippen LogP contribution >= 0.6 is 0 Å². The molecule has 1 aromatic rings. The van der Waals surface area contributed by atoms with E-state index in [1.54, 1.807) is 6.07 Å². The van der Waals surface area contributed by atoms with Crippen molar-refractivity contribution in [2.75, 3.05) is 13.2 Å². The fraction of sp³-hybridized carbons (Fsp3) is 0.583. The van der Waals surface area contributed by atoms with Gasteiger partial charge in [0.05, 0.1) is 19.3 Å². The number of morpholine rings is 1. The van der Waals surface area contributed by atoms with Crippen LogP contribution in [0.25, 0.3) is 0 Å². The zero-order valence-corrected chi connectivity index (χ0v) is 9.68. The average Bonchev–Trinajstić information content (AvgIpc) is 2.71. The molecule has 1 aromatic heterocycles. The Balaban J connectivity index is 1.99. The first kappa shape index (κ1) is 11.4. The lowest BCUT2D eigenvalue weighted by Crippen LogP contribution is -2.46. The first-order valence-electron chi connectivity index (χ1n) is 5.58. The summed E-state index contributed by atoms with van der Waals surface area (Å²) in [5, 5.41) is 0. The van der Waals surface area contributed by atoms with Crippen LogP contribution in [-0.2, 0) is 11.3 Å². The smallest absolute Gasteiger partial charge is 0.185 e. The van der Waals surface area contributed by atoms with Crippen LogP contribution in [0.4, 0.5) is 0 Å². The Kier molecular flexibility index (Phi) is 3.41. The predicted octanol–water partition coefficient (Wildman–Crippen LogP) is 1.70. The number of hydrogen-bond donors (Lipinski definition) is 0. The average molecular weight is 223 g/mol. The van der Waals surface area contributed by atoms with Crippen LogP contribution < -0.4 is 0 Å². The molecule has 0 aromatic carbocycles. The number of aldehydes is 1. The van der Waals surface area contributed by atoms with Gasteiger partial charge >= 0.3 is 0 Å². The molecule has 1 aliphatic rings. The maximum Gasteiger partial charge on any atom is 0.185 e. The molecular formula is C12H17NO3. The lowest BCUT2D eigenvalue weighted by molar-refractivity contribution is -0.0546. The van der Waals surface area contributed by atoms with E-state index < -0.39 is 0 Å². The molecule has 0 amide bonds. The second-order valence-electron chi connectivity index (χ2n) is 4.34. The van der Waals surface area contributed by atoms with Crippen molar-refractivity contribution < 1.29 is 13.9 Å². The topological polar surface area (TPSA) is 42.7 Å². The molecule has 1 saturated heterocycles. The Morgan fingerprint density at radius 1 is 1.50 bits per heavy atom. The number of ether oxygens (including phenoxy) is 1. The summed E-state index contributed by atoms with van der Waals surface area (Å²) in [6, 6.07) is 3.95. The van der Waals surface area contributed by atoms with Gasteiger partial charge in [0, 0.05) is 12.6 Å². The van der Waals surface area contributed by atoms with Gasteiger partial charge in [-0.3, -0.25) is 9.69 Å². The maximum atomic E-state index is 10.5. The lowest BCUT2D eigenvalue weighted by Gasteiger charge is -2.36.